The first-order valence-electron chi connectivity index (χ1n) is 4.79. The van der Waals surface area contributed by atoms with Gasteiger partial charge in [-0.15, -0.1) is 0 Å². The van der Waals surface area contributed by atoms with Crippen LogP contribution in [0.4, 0.5) is 0 Å². The van der Waals surface area contributed by atoms with Crippen LogP contribution in [0.25, 0.3) is 0 Å². The monoisotopic (exact) mass is 186 g/mol. The molecule has 0 saturated carbocycles. The van der Waals surface area contributed by atoms with E-state index in [0.717, 1.165) is 39.1 Å². The standard InChI is InChI=1S/C9H18N2O2/c1-10-4-6-11(7-5-10)3-2-8-13-9-12/h9H,2-8H2,1H3. The van der Waals surface area contributed by atoms with E-state index in [4.69, 9.17) is 0 Å². The molecule has 0 aromatic carbocycles. The summed E-state index contributed by atoms with van der Waals surface area (Å²) in [5, 5.41) is 0. The lowest BCUT2D eigenvalue weighted by Gasteiger charge is -2.32. The van der Waals surface area contributed by atoms with Crippen LogP contribution in [0.2, 0.25) is 0 Å². The second-order valence-corrected chi connectivity index (χ2v) is 3.47. The fourth-order valence-electron chi connectivity index (χ4n) is 1.49. The van der Waals surface area contributed by atoms with Crippen molar-refractivity contribution < 1.29 is 9.53 Å². The molecule has 1 aliphatic heterocycles. The summed E-state index contributed by atoms with van der Waals surface area (Å²) in [5.41, 5.74) is 0. The van der Waals surface area contributed by atoms with E-state index in [1.807, 2.05) is 0 Å². The molecular weight excluding hydrogens is 168 g/mol. The van der Waals surface area contributed by atoms with Crippen molar-refractivity contribution in [3.63, 3.8) is 0 Å². The number of piperazine rings is 1. The Morgan fingerprint density at radius 1 is 1.31 bits per heavy atom. The molecular formula is C9H18N2O2. The van der Waals surface area contributed by atoms with Gasteiger partial charge in [-0.3, -0.25) is 4.79 Å². The zero-order chi connectivity index (χ0) is 9.52. The van der Waals surface area contributed by atoms with Crippen LogP contribution in [-0.2, 0) is 9.53 Å². The molecule has 4 nitrogen and oxygen atoms in total. The fourth-order valence-corrected chi connectivity index (χ4v) is 1.49. The van der Waals surface area contributed by atoms with Gasteiger partial charge in [-0.25, -0.2) is 0 Å². The molecule has 13 heavy (non-hydrogen) atoms. The first-order valence-corrected chi connectivity index (χ1v) is 4.79. The third-order valence-electron chi connectivity index (χ3n) is 2.40. The molecule has 0 unspecified atom stereocenters. The number of likely N-dealkylation sites (N-methyl/N-ethyl adjacent to an activating group) is 1. The molecule has 0 aromatic rings. The molecule has 1 aliphatic rings. The van der Waals surface area contributed by atoms with Crippen molar-refractivity contribution in [3.8, 4) is 0 Å². The summed E-state index contributed by atoms with van der Waals surface area (Å²) in [7, 11) is 2.15. The summed E-state index contributed by atoms with van der Waals surface area (Å²) < 4.78 is 4.63. The highest BCUT2D eigenvalue weighted by atomic mass is 16.5. The molecule has 0 spiro atoms. The largest absolute Gasteiger partial charge is 0.468 e. The van der Waals surface area contributed by atoms with Gasteiger partial charge in [-0.2, -0.15) is 0 Å². The van der Waals surface area contributed by atoms with Crippen LogP contribution >= 0.6 is 0 Å². The number of carbonyl (C=O) groups is 1. The van der Waals surface area contributed by atoms with Crippen molar-refractivity contribution in [2.75, 3.05) is 46.4 Å². The lowest BCUT2D eigenvalue weighted by atomic mass is 10.3. The van der Waals surface area contributed by atoms with E-state index in [9.17, 15) is 4.79 Å². The summed E-state index contributed by atoms with van der Waals surface area (Å²) in [6.07, 6.45) is 0.947. The maximum Gasteiger partial charge on any atom is 0.293 e. The van der Waals surface area contributed by atoms with Gasteiger partial charge in [0.1, 0.15) is 0 Å². The number of nitrogens with zero attached hydrogens (tertiary/aromatic N) is 2. The normalized spacial score (nSPS) is 20.1. The van der Waals surface area contributed by atoms with Gasteiger partial charge in [0.15, 0.2) is 0 Å². The summed E-state index contributed by atoms with van der Waals surface area (Å²) in [6, 6.07) is 0. The maximum absolute atomic E-state index is 9.86. The average molecular weight is 186 g/mol. The van der Waals surface area contributed by atoms with Gasteiger partial charge in [0, 0.05) is 32.7 Å². The summed E-state index contributed by atoms with van der Waals surface area (Å²) >= 11 is 0. The summed E-state index contributed by atoms with van der Waals surface area (Å²) in [5.74, 6) is 0. The SMILES string of the molecule is CN1CCN(CCCOC=O)CC1. The van der Waals surface area contributed by atoms with Crippen LogP contribution in [0.5, 0.6) is 0 Å². The molecule has 1 heterocycles. The average Bonchev–Trinajstić information content (AvgIpc) is 2.15. The molecule has 76 valence electrons. The Labute approximate surface area is 79.4 Å². The van der Waals surface area contributed by atoms with E-state index < -0.39 is 0 Å². The predicted octanol–water partition coefficient (Wildman–Crippen LogP) is -0.203. The van der Waals surface area contributed by atoms with E-state index >= 15 is 0 Å². The Morgan fingerprint density at radius 2 is 2.00 bits per heavy atom. The highest BCUT2D eigenvalue weighted by Crippen LogP contribution is 1.99. The number of rotatable bonds is 5. The predicted molar refractivity (Wildman–Crippen MR) is 50.6 cm³/mol. The van der Waals surface area contributed by atoms with E-state index in [1.165, 1.54) is 0 Å². The van der Waals surface area contributed by atoms with Crippen molar-refractivity contribution in [1.82, 2.24) is 9.80 Å². The Bertz CT molecular complexity index is 145. The molecule has 0 bridgehead atoms. The van der Waals surface area contributed by atoms with Crippen molar-refractivity contribution >= 4 is 6.47 Å². The Morgan fingerprint density at radius 3 is 2.62 bits per heavy atom. The minimum Gasteiger partial charge on any atom is -0.468 e. The molecule has 0 atom stereocenters. The van der Waals surface area contributed by atoms with E-state index in [0.29, 0.717) is 13.1 Å². The van der Waals surface area contributed by atoms with Crippen molar-refractivity contribution in [2.24, 2.45) is 0 Å². The van der Waals surface area contributed by atoms with E-state index in [-0.39, 0.29) is 0 Å². The third-order valence-corrected chi connectivity index (χ3v) is 2.40. The maximum atomic E-state index is 9.86. The van der Waals surface area contributed by atoms with Crippen LogP contribution in [0.3, 0.4) is 0 Å². The van der Waals surface area contributed by atoms with Gasteiger partial charge in [0.05, 0.1) is 6.61 Å². The zero-order valence-electron chi connectivity index (χ0n) is 8.24. The topological polar surface area (TPSA) is 32.8 Å². The van der Waals surface area contributed by atoms with Crippen LogP contribution in [0.15, 0.2) is 0 Å². The Hall–Kier alpha value is -0.610. The van der Waals surface area contributed by atoms with Crippen LogP contribution < -0.4 is 0 Å². The first kappa shape index (κ1) is 10.5. The van der Waals surface area contributed by atoms with Gasteiger partial charge >= 0.3 is 0 Å². The van der Waals surface area contributed by atoms with Gasteiger partial charge in [0.25, 0.3) is 6.47 Å². The van der Waals surface area contributed by atoms with E-state index in [2.05, 4.69) is 21.6 Å². The van der Waals surface area contributed by atoms with Gasteiger partial charge < -0.3 is 14.5 Å². The smallest absolute Gasteiger partial charge is 0.293 e. The lowest BCUT2D eigenvalue weighted by molar-refractivity contribution is -0.128. The van der Waals surface area contributed by atoms with Crippen molar-refractivity contribution in [3.05, 3.63) is 0 Å². The molecule has 1 rings (SSSR count). The lowest BCUT2D eigenvalue weighted by Crippen LogP contribution is -2.44. The van der Waals surface area contributed by atoms with Crippen LogP contribution in [0.1, 0.15) is 6.42 Å². The minimum atomic E-state index is 0.518. The molecule has 0 amide bonds. The number of hydrogen-bond acceptors (Lipinski definition) is 4. The first-order chi connectivity index (χ1) is 6.33. The number of carbonyl (C=O) groups excluding carboxylic acids is 1. The highest BCUT2D eigenvalue weighted by Gasteiger charge is 2.12. The molecule has 0 N–H and O–H groups in total. The zero-order valence-corrected chi connectivity index (χ0v) is 8.24. The number of ether oxygens (including phenoxy) is 1. The second kappa shape index (κ2) is 5.94. The van der Waals surface area contributed by atoms with Gasteiger partial charge in [-0.05, 0) is 13.5 Å². The Balaban J connectivity index is 1.99. The van der Waals surface area contributed by atoms with Crippen LogP contribution in [-0.4, -0.2) is 62.7 Å². The summed E-state index contributed by atoms with van der Waals surface area (Å²) in [6.45, 7) is 6.68. The fraction of sp³-hybridized carbons (Fsp3) is 0.889. The Kier molecular flexibility index (Phi) is 4.78. The highest BCUT2D eigenvalue weighted by molar-refractivity contribution is 5.36. The second-order valence-electron chi connectivity index (χ2n) is 3.47. The quantitative estimate of drug-likeness (QED) is 0.439. The van der Waals surface area contributed by atoms with E-state index in [1.54, 1.807) is 0 Å². The molecule has 0 aromatic heterocycles. The van der Waals surface area contributed by atoms with Crippen LogP contribution in [0, 0.1) is 0 Å². The van der Waals surface area contributed by atoms with Crippen molar-refractivity contribution in [1.29, 1.82) is 0 Å². The summed E-state index contributed by atoms with van der Waals surface area (Å²) in [4.78, 5) is 14.6. The van der Waals surface area contributed by atoms with Gasteiger partial charge in [0.2, 0.25) is 0 Å². The molecule has 4 heteroatoms. The van der Waals surface area contributed by atoms with Crippen molar-refractivity contribution in [2.45, 2.75) is 6.42 Å². The number of hydrogen-bond donors (Lipinski definition) is 0. The molecule has 0 radical (unpaired) electrons. The molecule has 1 saturated heterocycles. The molecule has 1 fully saturated rings. The molecule has 0 aliphatic carbocycles. The van der Waals surface area contributed by atoms with Gasteiger partial charge in [-0.1, -0.05) is 0 Å². The minimum absolute atomic E-state index is 0.518. The third kappa shape index (κ3) is 4.24.